The average molecular weight is 437 g/mol. The van der Waals surface area contributed by atoms with Crippen molar-refractivity contribution in [3.05, 3.63) is 61.0 Å². The van der Waals surface area contributed by atoms with E-state index in [0.717, 1.165) is 0 Å². The monoisotopic (exact) mass is 434 g/mol. The first kappa shape index (κ1) is 18.1. The van der Waals surface area contributed by atoms with Crippen molar-refractivity contribution in [1.82, 2.24) is 0 Å². The van der Waals surface area contributed by atoms with Gasteiger partial charge in [0.05, 0.1) is 26.7 Å². The molecule has 0 saturated heterocycles. The van der Waals surface area contributed by atoms with E-state index in [0.29, 0.717) is 15.8 Å². The number of halogens is 4. The molecule has 0 aromatic heterocycles. The van der Waals surface area contributed by atoms with Gasteiger partial charge >= 0.3 is 0 Å². The van der Waals surface area contributed by atoms with Gasteiger partial charge in [0.2, 0.25) is 0 Å². The fraction of sp³-hybridized carbons (Fsp3) is 0.0625. The molecule has 2 aromatic rings. The Bertz CT molecular complexity index is 804. The molecule has 2 aromatic carbocycles. The predicted octanol–water partition coefficient (Wildman–Crippen LogP) is 6.02. The molecule has 0 fully saturated rings. The summed E-state index contributed by atoms with van der Waals surface area (Å²) in [6.45, 7) is 0. The van der Waals surface area contributed by atoms with Crippen molar-refractivity contribution < 1.29 is 14.6 Å². The first-order chi connectivity index (χ1) is 10.8. The summed E-state index contributed by atoms with van der Waals surface area (Å²) in [4.78, 5) is 12.2. The molecule has 2 rings (SSSR count). The summed E-state index contributed by atoms with van der Waals surface area (Å²) in [5.74, 6) is -0.0423. The Hall–Kier alpha value is -1.20. The second-order valence-electron chi connectivity index (χ2n) is 4.47. The molecule has 0 spiro atoms. The topological polar surface area (TPSA) is 46.5 Å². The summed E-state index contributed by atoms with van der Waals surface area (Å²) < 4.78 is 5.51. The first-order valence-corrected chi connectivity index (χ1v) is 8.20. The molecule has 0 bridgehead atoms. The molecule has 0 amide bonds. The quantitative estimate of drug-likeness (QED) is 0.362. The van der Waals surface area contributed by atoms with Gasteiger partial charge in [0.1, 0.15) is 0 Å². The van der Waals surface area contributed by atoms with E-state index in [-0.39, 0.29) is 32.2 Å². The Morgan fingerprint density at radius 1 is 1.22 bits per heavy atom. The first-order valence-electron chi connectivity index (χ1n) is 6.27. The maximum atomic E-state index is 12.2. The Morgan fingerprint density at radius 2 is 1.91 bits per heavy atom. The summed E-state index contributed by atoms with van der Waals surface area (Å²) in [7, 11) is 1.44. The summed E-state index contributed by atoms with van der Waals surface area (Å²) in [5.41, 5.74) is 0.915. The maximum Gasteiger partial charge on any atom is 0.187 e. The van der Waals surface area contributed by atoms with Gasteiger partial charge in [-0.25, -0.2) is 0 Å². The van der Waals surface area contributed by atoms with Crippen molar-refractivity contribution in [3.8, 4) is 11.5 Å². The molecule has 0 radical (unpaired) electrons. The normalized spacial score (nSPS) is 11.0. The SMILES string of the molecule is COc1cc(C=CC(=O)c2ccc(Cl)c(Cl)c2Cl)cc(Br)c1O. The third-order valence-corrected chi connectivity index (χ3v) is 4.90. The molecule has 0 aliphatic carbocycles. The number of carbonyl (C=O) groups is 1. The predicted molar refractivity (Wildman–Crippen MR) is 97.2 cm³/mol. The highest BCUT2D eigenvalue weighted by molar-refractivity contribution is 9.10. The van der Waals surface area contributed by atoms with Crippen molar-refractivity contribution in [2.24, 2.45) is 0 Å². The van der Waals surface area contributed by atoms with Gasteiger partial charge in [-0.3, -0.25) is 4.79 Å². The minimum absolute atomic E-state index is 0.0106. The minimum atomic E-state index is -0.322. The molecule has 0 saturated carbocycles. The zero-order valence-corrected chi connectivity index (χ0v) is 15.6. The van der Waals surface area contributed by atoms with Gasteiger partial charge in [-0.1, -0.05) is 40.9 Å². The third kappa shape index (κ3) is 4.01. The van der Waals surface area contributed by atoms with Crippen molar-refractivity contribution in [3.63, 3.8) is 0 Å². The Labute approximate surface area is 156 Å². The lowest BCUT2D eigenvalue weighted by molar-refractivity contribution is 0.104. The van der Waals surface area contributed by atoms with Gasteiger partial charge in [0.15, 0.2) is 17.3 Å². The van der Waals surface area contributed by atoms with Crippen molar-refractivity contribution >= 4 is 62.6 Å². The van der Waals surface area contributed by atoms with Crippen LogP contribution in [-0.4, -0.2) is 18.0 Å². The van der Waals surface area contributed by atoms with Crippen LogP contribution >= 0.6 is 50.7 Å². The summed E-state index contributed by atoms with van der Waals surface area (Å²) in [6.07, 6.45) is 2.93. The van der Waals surface area contributed by atoms with Crippen LogP contribution in [0.25, 0.3) is 6.08 Å². The summed E-state index contributed by atoms with van der Waals surface area (Å²) in [6, 6.07) is 6.27. The van der Waals surface area contributed by atoms with E-state index >= 15 is 0 Å². The Morgan fingerprint density at radius 3 is 2.57 bits per heavy atom. The standard InChI is InChI=1S/C16H10BrCl3O3/c1-23-13-7-8(6-10(17)16(13)22)2-5-12(21)9-3-4-11(18)15(20)14(9)19/h2-7,22H,1H3. The number of phenols is 1. The highest BCUT2D eigenvalue weighted by Crippen LogP contribution is 2.36. The van der Waals surface area contributed by atoms with E-state index in [4.69, 9.17) is 39.5 Å². The van der Waals surface area contributed by atoms with Gasteiger partial charge < -0.3 is 9.84 Å². The van der Waals surface area contributed by atoms with E-state index in [1.54, 1.807) is 18.2 Å². The second-order valence-corrected chi connectivity index (χ2v) is 6.49. The van der Waals surface area contributed by atoms with Crippen LogP contribution in [-0.2, 0) is 0 Å². The van der Waals surface area contributed by atoms with Crippen LogP contribution in [0.5, 0.6) is 11.5 Å². The number of carbonyl (C=O) groups excluding carboxylic acids is 1. The van der Waals surface area contributed by atoms with Gasteiger partial charge in [-0.2, -0.15) is 0 Å². The Balaban J connectivity index is 2.32. The molecule has 0 aliphatic heterocycles. The molecule has 3 nitrogen and oxygen atoms in total. The van der Waals surface area contributed by atoms with Crippen LogP contribution in [0.3, 0.4) is 0 Å². The van der Waals surface area contributed by atoms with E-state index in [1.807, 2.05) is 0 Å². The van der Waals surface area contributed by atoms with Crippen molar-refractivity contribution in [2.75, 3.05) is 7.11 Å². The molecule has 0 atom stereocenters. The zero-order chi connectivity index (χ0) is 17.1. The third-order valence-electron chi connectivity index (χ3n) is 3.00. The van der Waals surface area contributed by atoms with Gasteiger partial charge in [0, 0.05) is 5.56 Å². The van der Waals surface area contributed by atoms with Crippen LogP contribution in [0.2, 0.25) is 15.1 Å². The van der Waals surface area contributed by atoms with Crippen molar-refractivity contribution in [1.29, 1.82) is 0 Å². The number of hydrogen-bond acceptors (Lipinski definition) is 3. The van der Waals surface area contributed by atoms with Gasteiger partial charge in [-0.05, 0) is 51.8 Å². The molecule has 0 aliphatic rings. The van der Waals surface area contributed by atoms with Crippen LogP contribution in [0.15, 0.2) is 34.8 Å². The van der Waals surface area contributed by atoms with Crippen LogP contribution < -0.4 is 4.74 Å². The lowest BCUT2D eigenvalue weighted by Gasteiger charge is -2.07. The molecule has 23 heavy (non-hydrogen) atoms. The molecule has 7 heteroatoms. The number of phenolic OH excluding ortho intramolecular Hbond substituents is 1. The summed E-state index contributed by atoms with van der Waals surface area (Å²) in [5, 5.41) is 10.3. The van der Waals surface area contributed by atoms with Crippen molar-refractivity contribution in [2.45, 2.75) is 0 Å². The second kappa shape index (κ2) is 7.58. The van der Waals surface area contributed by atoms with Crippen LogP contribution in [0.4, 0.5) is 0 Å². The fourth-order valence-corrected chi connectivity index (χ4v) is 2.91. The number of allylic oxidation sites excluding steroid dienone is 1. The largest absolute Gasteiger partial charge is 0.503 e. The number of ketones is 1. The highest BCUT2D eigenvalue weighted by Gasteiger charge is 2.13. The summed E-state index contributed by atoms with van der Waals surface area (Å²) >= 11 is 21.0. The maximum absolute atomic E-state index is 12.2. The number of ether oxygens (including phenoxy) is 1. The molecule has 120 valence electrons. The zero-order valence-electron chi connectivity index (χ0n) is 11.7. The molecule has 0 heterocycles. The van der Waals surface area contributed by atoms with E-state index in [1.165, 1.54) is 25.3 Å². The number of methoxy groups -OCH3 is 1. The highest BCUT2D eigenvalue weighted by atomic mass is 79.9. The van der Waals surface area contributed by atoms with Gasteiger partial charge in [0.25, 0.3) is 0 Å². The van der Waals surface area contributed by atoms with E-state index in [9.17, 15) is 9.90 Å². The number of benzene rings is 2. The smallest absolute Gasteiger partial charge is 0.187 e. The van der Waals surface area contributed by atoms with Crippen LogP contribution in [0.1, 0.15) is 15.9 Å². The molecule has 1 N–H and O–H groups in total. The minimum Gasteiger partial charge on any atom is -0.503 e. The lowest BCUT2D eigenvalue weighted by Crippen LogP contribution is -1.96. The number of aromatic hydroxyl groups is 1. The molecular formula is C16H10BrCl3O3. The van der Waals surface area contributed by atoms with Gasteiger partial charge in [-0.15, -0.1) is 0 Å². The Kier molecular flexibility index (Phi) is 5.98. The fourth-order valence-electron chi connectivity index (χ4n) is 1.82. The number of rotatable bonds is 4. The van der Waals surface area contributed by atoms with E-state index < -0.39 is 0 Å². The molecular weight excluding hydrogens is 426 g/mol. The lowest BCUT2D eigenvalue weighted by atomic mass is 10.1. The van der Waals surface area contributed by atoms with E-state index in [2.05, 4.69) is 15.9 Å². The van der Waals surface area contributed by atoms with Crippen LogP contribution in [0, 0.1) is 0 Å². The number of hydrogen-bond donors (Lipinski definition) is 1. The molecule has 0 unspecified atom stereocenters. The average Bonchev–Trinajstić information content (AvgIpc) is 2.53.